The number of piperazine rings is 1. The maximum Gasteiger partial charge on any atom is 0.243 e. The van der Waals surface area contributed by atoms with Crippen LogP contribution in [0.5, 0.6) is 0 Å². The minimum atomic E-state index is -3.37. The first kappa shape index (κ1) is 15.5. The van der Waals surface area contributed by atoms with Gasteiger partial charge in [0.1, 0.15) is 10.0 Å². The topological polar surface area (TPSA) is 66.4 Å². The highest BCUT2D eigenvalue weighted by Crippen LogP contribution is 2.18. The summed E-state index contributed by atoms with van der Waals surface area (Å²) in [5.41, 5.74) is 0. The Hall–Kier alpha value is -1.35. The number of rotatable bonds is 4. The van der Waals surface area contributed by atoms with Crippen molar-refractivity contribution >= 4 is 21.4 Å². The van der Waals surface area contributed by atoms with Crippen molar-refractivity contribution in [1.29, 1.82) is 0 Å². The van der Waals surface area contributed by atoms with Crippen molar-refractivity contribution in [1.82, 2.24) is 19.4 Å². The second kappa shape index (κ2) is 6.41. The number of hydrogen-bond donors (Lipinski definition) is 0. The zero-order valence-electron chi connectivity index (χ0n) is 12.3. The average Bonchev–Trinajstić information content (AvgIpc) is 2.94. The van der Waals surface area contributed by atoms with E-state index in [2.05, 4.69) is 15.1 Å². The molecular weight excluding hydrogens is 320 g/mol. The molecule has 6 nitrogen and oxygen atoms in total. The second-order valence-corrected chi connectivity index (χ2v) is 8.41. The van der Waals surface area contributed by atoms with Crippen LogP contribution in [0.25, 0.3) is 0 Å². The molecule has 2 heterocycles. The Labute approximate surface area is 134 Å². The normalized spacial score (nSPS) is 17.7. The lowest BCUT2D eigenvalue weighted by atomic mass is 10.3. The first-order valence-corrected chi connectivity index (χ1v) is 9.38. The Balaban J connectivity index is 1.62. The molecule has 8 heteroatoms. The first-order valence-electron chi connectivity index (χ1n) is 7.12. The number of aryl methyl sites for hydroxylation is 1. The van der Waals surface area contributed by atoms with E-state index in [4.69, 9.17) is 0 Å². The molecule has 2 aromatic rings. The van der Waals surface area contributed by atoms with Crippen LogP contribution in [0.3, 0.4) is 0 Å². The summed E-state index contributed by atoms with van der Waals surface area (Å²) >= 11 is 1.59. The van der Waals surface area contributed by atoms with Crippen LogP contribution < -0.4 is 0 Å². The zero-order valence-corrected chi connectivity index (χ0v) is 14.0. The molecule has 0 aliphatic carbocycles. The molecule has 0 unspecified atom stereocenters. The molecule has 1 aliphatic heterocycles. The standard InChI is InChI=1S/C14H18N4O2S2/c1-12-15-16-14(21-12)11-17-7-9-18(10-8-17)22(19,20)13-5-3-2-4-6-13/h2-6H,7-11H2,1H3. The molecule has 0 radical (unpaired) electrons. The van der Waals surface area contributed by atoms with Crippen LogP contribution in [0.1, 0.15) is 10.0 Å². The van der Waals surface area contributed by atoms with Crippen molar-refractivity contribution in [3.63, 3.8) is 0 Å². The van der Waals surface area contributed by atoms with Crippen molar-refractivity contribution in [2.75, 3.05) is 26.2 Å². The molecule has 1 aliphatic rings. The van der Waals surface area contributed by atoms with Crippen LogP contribution in [0.15, 0.2) is 35.2 Å². The van der Waals surface area contributed by atoms with Gasteiger partial charge in [-0.3, -0.25) is 4.90 Å². The van der Waals surface area contributed by atoms with Gasteiger partial charge in [0, 0.05) is 26.2 Å². The molecule has 1 saturated heterocycles. The molecule has 1 fully saturated rings. The van der Waals surface area contributed by atoms with E-state index in [1.165, 1.54) is 0 Å². The maximum atomic E-state index is 12.5. The third kappa shape index (κ3) is 3.35. The van der Waals surface area contributed by atoms with E-state index in [-0.39, 0.29) is 0 Å². The largest absolute Gasteiger partial charge is 0.294 e. The van der Waals surface area contributed by atoms with Gasteiger partial charge in [0.25, 0.3) is 0 Å². The zero-order chi connectivity index (χ0) is 15.6. The third-order valence-corrected chi connectivity index (χ3v) is 6.38. The average molecular weight is 338 g/mol. The van der Waals surface area contributed by atoms with Gasteiger partial charge in [0.15, 0.2) is 0 Å². The summed E-state index contributed by atoms with van der Waals surface area (Å²) in [5, 5.41) is 10.1. The Morgan fingerprint density at radius 1 is 1.09 bits per heavy atom. The van der Waals surface area contributed by atoms with Gasteiger partial charge in [0.05, 0.1) is 11.4 Å². The lowest BCUT2D eigenvalue weighted by molar-refractivity contribution is 0.181. The third-order valence-electron chi connectivity index (χ3n) is 3.64. The summed E-state index contributed by atoms with van der Waals surface area (Å²) in [7, 11) is -3.37. The maximum absolute atomic E-state index is 12.5. The van der Waals surface area contributed by atoms with E-state index < -0.39 is 10.0 Å². The lowest BCUT2D eigenvalue weighted by Gasteiger charge is -2.33. The van der Waals surface area contributed by atoms with E-state index >= 15 is 0 Å². The van der Waals surface area contributed by atoms with E-state index in [0.717, 1.165) is 16.6 Å². The van der Waals surface area contributed by atoms with Crippen molar-refractivity contribution < 1.29 is 8.42 Å². The molecule has 0 spiro atoms. The molecule has 0 atom stereocenters. The molecule has 22 heavy (non-hydrogen) atoms. The van der Waals surface area contributed by atoms with Crippen LogP contribution in [0.4, 0.5) is 0 Å². The van der Waals surface area contributed by atoms with Crippen LogP contribution in [0.2, 0.25) is 0 Å². The molecule has 118 valence electrons. The highest BCUT2D eigenvalue weighted by Gasteiger charge is 2.28. The Morgan fingerprint density at radius 3 is 2.36 bits per heavy atom. The minimum absolute atomic E-state index is 0.364. The summed E-state index contributed by atoms with van der Waals surface area (Å²) in [6, 6.07) is 8.61. The quantitative estimate of drug-likeness (QED) is 0.842. The van der Waals surface area contributed by atoms with E-state index in [9.17, 15) is 8.42 Å². The molecular formula is C14H18N4O2S2. The fourth-order valence-corrected chi connectivity index (χ4v) is 4.66. The smallest absolute Gasteiger partial charge is 0.243 e. The van der Waals surface area contributed by atoms with Crippen molar-refractivity contribution in [2.24, 2.45) is 0 Å². The highest BCUT2D eigenvalue weighted by molar-refractivity contribution is 7.89. The van der Waals surface area contributed by atoms with Gasteiger partial charge in [-0.15, -0.1) is 21.5 Å². The van der Waals surface area contributed by atoms with Gasteiger partial charge in [-0.05, 0) is 19.1 Å². The van der Waals surface area contributed by atoms with Gasteiger partial charge in [0.2, 0.25) is 10.0 Å². The number of sulfonamides is 1. The Morgan fingerprint density at radius 2 is 1.77 bits per heavy atom. The van der Waals surface area contributed by atoms with Crippen molar-refractivity contribution in [3.05, 3.63) is 40.3 Å². The molecule has 1 aromatic heterocycles. The van der Waals surface area contributed by atoms with Crippen LogP contribution in [-0.2, 0) is 16.6 Å². The fourth-order valence-electron chi connectivity index (χ4n) is 2.46. The highest BCUT2D eigenvalue weighted by atomic mass is 32.2. The predicted molar refractivity (Wildman–Crippen MR) is 85.1 cm³/mol. The molecule has 0 amide bonds. The van der Waals surface area contributed by atoms with E-state index in [1.807, 2.05) is 13.0 Å². The summed E-state index contributed by atoms with van der Waals surface area (Å²) < 4.78 is 26.6. The number of hydrogen-bond acceptors (Lipinski definition) is 6. The predicted octanol–water partition coefficient (Wildman–Crippen LogP) is 1.35. The number of benzene rings is 1. The van der Waals surface area contributed by atoms with Gasteiger partial charge in [-0.2, -0.15) is 4.31 Å². The first-order chi connectivity index (χ1) is 10.6. The van der Waals surface area contributed by atoms with E-state index in [1.54, 1.807) is 39.9 Å². The SMILES string of the molecule is Cc1nnc(CN2CCN(S(=O)(=O)c3ccccc3)CC2)s1. The van der Waals surface area contributed by atoms with Gasteiger partial charge in [-0.1, -0.05) is 18.2 Å². The molecule has 0 N–H and O–H groups in total. The Kier molecular flexibility index (Phi) is 4.53. The molecule has 0 bridgehead atoms. The molecule has 1 aromatic carbocycles. The fraction of sp³-hybridized carbons (Fsp3) is 0.429. The summed E-state index contributed by atoms with van der Waals surface area (Å²) in [4.78, 5) is 2.58. The van der Waals surface area contributed by atoms with Gasteiger partial charge < -0.3 is 0 Å². The second-order valence-electron chi connectivity index (χ2n) is 5.21. The number of aromatic nitrogens is 2. The van der Waals surface area contributed by atoms with Crippen molar-refractivity contribution in [3.8, 4) is 0 Å². The lowest BCUT2D eigenvalue weighted by Crippen LogP contribution is -2.48. The van der Waals surface area contributed by atoms with Crippen molar-refractivity contribution in [2.45, 2.75) is 18.4 Å². The number of nitrogens with zero attached hydrogens (tertiary/aromatic N) is 4. The van der Waals surface area contributed by atoms with E-state index in [0.29, 0.717) is 31.1 Å². The molecule has 3 rings (SSSR count). The summed E-state index contributed by atoms with van der Waals surface area (Å²) in [6.07, 6.45) is 0. The molecule has 0 saturated carbocycles. The minimum Gasteiger partial charge on any atom is -0.294 e. The van der Waals surface area contributed by atoms with Gasteiger partial charge in [-0.25, -0.2) is 8.42 Å². The summed E-state index contributed by atoms with van der Waals surface area (Å²) in [6.45, 7) is 5.12. The monoisotopic (exact) mass is 338 g/mol. The van der Waals surface area contributed by atoms with Crippen LogP contribution in [-0.4, -0.2) is 54.0 Å². The van der Waals surface area contributed by atoms with Crippen LogP contribution >= 0.6 is 11.3 Å². The van der Waals surface area contributed by atoms with Gasteiger partial charge >= 0.3 is 0 Å². The Bertz CT molecular complexity index is 722. The summed E-state index contributed by atoms with van der Waals surface area (Å²) in [5.74, 6) is 0. The van der Waals surface area contributed by atoms with Crippen LogP contribution in [0, 0.1) is 6.92 Å².